The van der Waals surface area contributed by atoms with E-state index in [1.54, 1.807) is 18.7 Å². The van der Waals surface area contributed by atoms with E-state index in [4.69, 9.17) is 0 Å². The van der Waals surface area contributed by atoms with Gasteiger partial charge in [0.25, 0.3) is 0 Å². The fourth-order valence-corrected chi connectivity index (χ4v) is 1.64. The molecule has 0 bridgehead atoms. The Bertz CT molecular complexity index is 496. The lowest BCUT2D eigenvalue weighted by molar-refractivity contribution is 1.06. The highest BCUT2D eigenvalue weighted by atomic mass is 15.1. The number of hydrogen-bond donors (Lipinski definition) is 1. The minimum Gasteiger partial charge on any atom is -0.306 e. The molecule has 0 atom stereocenters. The first-order chi connectivity index (χ1) is 7.93. The van der Waals surface area contributed by atoms with Crippen molar-refractivity contribution in [1.29, 1.82) is 0 Å². The second-order valence-electron chi connectivity index (χ2n) is 3.49. The van der Waals surface area contributed by atoms with Crippen molar-refractivity contribution >= 4 is 0 Å². The molecule has 0 saturated heterocycles. The van der Waals surface area contributed by atoms with Crippen LogP contribution in [0.3, 0.4) is 0 Å². The number of nitrogens with one attached hydrogen (secondary N) is 1. The molecule has 0 spiro atoms. The second kappa shape index (κ2) is 3.66. The molecule has 0 aliphatic carbocycles. The molecular formula is C12H10N4. The highest BCUT2D eigenvalue weighted by Gasteiger charge is 1.99. The van der Waals surface area contributed by atoms with E-state index in [2.05, 4.69) is 39.4 Å². The average molecular weight is 210 g/mol. The lowest BCUT2D eigenvalue weighted by atomic mass is 10.1. The van der Waals surface area contributed by atoms with E-state index in [0.29, 0.717) is 0 Å². The van der Waals surface area contributed by atoms with Gasteiger partial charge in [0.1, 0.15) is 0 Å². The van der Waals surface area contributed by atoms with Crippen LogP contribution >= 0.6 is 0 Å². The topological polar surface area (TPSA) is 46.5 Å². The molecule has 2 aromatic heterocycles. The standard InChI is InChI=1S/C12H10N4/c1-3-11(16-8-7-13-9-16)4-2-10(1)12-5-6-14-15-12/h1-9H,(H,14,15). The zero-order valence-corrected chi connectivity index (χ0v) is 8.54. The molecule has 3 aromatic rings. The van der Waals surface area contributed by atoms with E-state index in [1.807, 2.05) is 16.8 Å². The number of nitrogens with zero attached hydrogens (tertiary/aromatic N) is 3. The van der Waals surface area contributed by atoms with Gasteiger partial charge in [0, 0.05) is 24.3 Å². The van der Waals surface area contributed by atoms with Crippen molar-refractivity contribution in [3.63, 3.8) is 0 Å². The van der Waals surface area contributed by atoms with Crippen molar-refractivity contribution in [2.75, 3.05) is 0 Å². The van der Waals surface area contributed by atoms with Crippen LogP contribution in [0.2, 0.25) is 0 Å². The smallest absolute Gasteiger partial charge is 0.0991 e. The van der Waals surface area contributed by atoms with E-state index in [0.717, 1.165) is 16.9 Å². The summed E-state index contributed by atoms with van der Waals surface area (Å²) in [5, 5.41) is 6.87. The predicted molar refractivity (Wildman–Crippen MR) is 61.1 cm³/mol. The molecule has 78 valence electrons. The van der Waals surface area contributed by atoms with Crippen molar-refractivity contribution < 1.29 is 0 Å². The van der Waals surface area contributed by atoms with Gasteiger partial charge < -0.3 is 4.57 Å². The summed E-state index contributed by atoms with van der Waals surface area (Å²) in [4.78, 5) is 4.02. The van der Waals surface area contributed by atoms with Crippen LogP contribution < -0.4 is 0 Å². The van der Waals surface area contributed by atoms with E-state index in [9.17, 15) is 0 Å². The number of imidazole rings is 1. The average Bonchev–Trinajstić information content (AvgIpc) is 3.03. The van der Waals surface area contributed by atoms with Crippen molar-refractivity contribution in [2.45, 2.75) is 0 Å². The Labute approximate surface area is 92.6 Å². The second-order valence-corrected chi connectivity index (χ2v) is 3.49. The quantitative estimate of drug-likeness (QED) is 0.705. The third-order valence-corrected chi connectivity index (χ3v) is 2.48. The van der Waals surface area contributed by atoms with Crippen molar-refractivity contribution in [2.24, 2.45) is 0 Å². The first kappa shape index (κ1) is 8.91. The summed E-state index contributed by atoms with van der Waals surface area (Å²) < 4.78 is 1.97. The normalized spacial score (nSPS) is 10.5. The van der Waals surface area contributed by atoms with Crippen LogP contribution in [0.25, 0.3) is 16.9 Å². The van der Waals surface area contributed by atoms with Gasteiger partial charge in [-0.2, -0.15) is 5.10 Å². The molecule has 1 N–H and O–H groups in total. The molecule has 0 radical (unpaired) electrons. The van der Waals surface area contributed by atoms with Gasteiger partial charge >= 0.3 is 0 Å². The third-order valence-electron chi connectivity index (χ3n) is 2.48. The van der Waals surface area contributed by atoms with Gasteiger partial charge in [-0.05, 0) is 23.8 Å². The van der Waals surface area contributed by atoms with Crippen LogP contribution in [-0.2, 0) is 0 Å². The predicted octanol–water partition coefficient (Wildman–Crippen LogP) is 2.26. The van der Waals surface area contributed by atoms with Crippen LogP contribution in [0, 0.1) is 0 Å². The summed E-state index contributed by atoms with van der Waals surface area (Å²) in [7, 11) is 0. The monoisotopic (exact) mass is 210 g/mol. The van der Waals surface area contributed by atoms with Crippen LogP contribution in [0.15, 0.2) is 55.2 Å². The molecule has 4 nitrogen and oxygen atoms in total. The molecule has 0 unspecified atom stereocenters. The van der Waals surface area contributed by atoms with Crippen molar-refractivity contribution in [3.05, 3.63) is 55.2 Å². The van der Waals surface area contributed by atoms with E-state index >= 15 is 0 Å². The van der Waals surface area contributed by atoms with Gasteiger partial charge in [-0.25, -0.2) is 4.98 Å². The van der Waals surface area contributed by atoms with Gasteiger partial charge in [0.15, 0.2) is 0 Å². The largest absolute Gasteiger partial charge is 0.306 e. The van der Waals surface area contributed by atoms with Crippen LogP contribution in [0.5, 0.6) is 0 Å². The number of hydrogen-bond acceptors (Lipinski definition) is 2. The molecule has 0 saturated carbocycles. The summed E-state index contributed by atoms with van der Waals surface area (Å²) in [5.41, 5.74) is 3.25. The summed E-state index contributed by atoms with van der Waals surface area (Å²) >= 11 is 0. The Morgan fingerprint density at radius 1 is 1.00 bits per heavy atom. The highest BCUT2D eigenvalue weighted by molar-refractivity contribution is 5.60. The number of aromatic amines is 1. The Kier molecular flexibility index (Phi) is 2.04. The van der Waals surface area contributed by atoms with Crippen LogP contribution in [0.1, 0.15) is 0 Å². The van der Waals surface area contributed by atoms with Gasteiger partial charge in [-0.15, -0.1) is 0 Å². The molecule has 4 heteroatoms. The highest BCUT2D eigenvalue weighted by Crippen LogP contribution is 2.18. The van der Waals surface area contributed by atoms with Gasteiger partial charge in [-0.1, -0.05) is 12.1 Å². The maximum atomic E-state index is 4.02. The minimum absolute atomic E-state index is 1.03. The van der Waals surface area contributed by atoms with Gasteiger partial charge in [0.05, 0.1) is 12.0 Å². The Morgan fingerprint density at radius 3 is 2.50 bits per heavy atom. The molecule has 0 aliphatic rings. The Morgan fingerprint density at radius 2 is 1.88 bits per heavy atom. The van der Waals surface area contributed by atoms with Crippen LogP contribution in [-0.4, -0.2) is 19.7 Å². The molecule has 0 aliphatic heterocycles. The Hall–Kier alpha value is -2.36. The summed E-state index contributed by atoms with van der Waals surface area (Å²) in [6.07, 6.45) is 7.22. The first-order valence-electron chi connectivity index (χ1n) is 5.01. The van der Waals surface area contributed by atoms with Crippen LogP contribution in [0.4, 0.5) is 0 Å². The molecule has 1 aromatic carbocycles. The van der Waals surface area contributed by atoms with E-state index in [1.165, 1.54) is 0 Å². The number of rotatable bonds is 2. The zero-order valence-electron chi connectivity index (χ0n) is 8.54. The summed E-state index contributed by atoms with van der Waals surface area (Å²) in [5.74, 6) is 0. The van der Waals surface area contributed by atoms with Gasteiger partial charge in [0.2, 0.25) is 0 Å². The fourth-order valence-electron chi connectivity index (χ4n) is 1.64. The fraction of sp³-hybridized carbons (Fsp3) is 0. The van der Waals surface area contributed by atoms with E-state index < -0.39 is 0 Å². The first-order valence-corrected chi connectivity index (χ1v) is 5.01. The lowest BCUT2D eigenvalue weighted by Gasteiger charge is -2.02. The molecule has 2 heterocycles. The third kappa shape index (κ3) is 1.50. The molecule has 0 fully saturated rings. The summed E-state index contributed by atoms with van der Waals surface area (Å²) in [6.45, 7) is 0. The summed E-state index contributed by atoms with van der Waals surface area (Å²) in [6, 6.07) is 10.2. The number of H-pyrrole nitrogens is 1. The number of benzene rings is 1. The van der Waals surface area contributed by atoms with E-state index in [-0.39, 0.29) is 0 Å². The molecule has 0 amide bonds. The van der Waals surface area contributed by atoms with Crippen molar-refractivity contribution in [1.82, 2.24) is 19.7 Å². The maximum Gasteiger partial charge on any atom is 0.0991 e. The zero-order chi connectivity index (χ0) is 10.8. The van der Waals surface area contributed by atoms with Gasteiger partial charge in [-0.3, -0.25) is 5.10 Å². The molecule has 16 heavy (non-hydrogen) atoms. The lowest BCUT2D eigenvalue weighted by Crippen LogP contribution is -1.89. The Balaban J connectivity index is 1.97. The minimum atomic E-state index is 1.03. The number of aromatic nitrogens is 4. The maximum absolute atomic E-state index is 4.02. The van der Waals surface area contributed by atoms with Crippen molar-refractivity contribution in [3.8, 4) is 16.9 Å². The molecular weight excluding hydrogens is 200 g/mol. The molecule has 3 rings (SSSR count). The SMILES string of the molecule is c1cn(-c2ccc(-c3ccn[nH]3)cc2)cn1.